The van der Waals surface area contributed by atoms with Crippen molar-refractivity contribution in [3.05, 3.63) is 30.1 Å². The summed E-state index contributed by atoms with van der Waals surface area (Å²) in [4.78, 5) is 0.731. The molecule has 2 nitrogen and oxygen atoms in total. The van der Waals surface area contributed by atoms with Crippen LogP contribution in [0.15, 0.2) is 29.2 Å². The molecular weight excluding hydrogens is 249 g/mol. The van der Waals surface area contributed by atoms with Gasteiger partial charge >= 0.3 is 0 Å². The van der Waals surface area contributed by atoms with Crippen LogP contribution in [0.25, 0.3) is 0 Å². The van der Waals surface area contributed by atoms with Crippen LogP contribution in [0.5, 0.6) is 0 Å². The van der Waals surface area contributed by atoms with Crippen molar-refractivity contribution in [2.75, 3.05) is 26.0 Å². The van der Waals surface area contributed by atoms with Gasteiger partial charge in [0.25, 0.3) is 0 Å². The quantitative estimate of drug-likeness (QED) is 0.830. The molecule has 0 aromatic heterocycles. The molecule has 2 atom stereocenters. The van der Waals surface area contributed by atoms with Gasteiger partial charge in [0.05, 0.1) is 6.61 Å². The van der Waals surface area contributed by atoms with E-state index in [0.29, 0.717) is 12.0 Å². The normalized spacial score (nSPS) is 21.8. The van der Waals surface area contributed by atoms with Crippen LogP contribution in [0.2, 0.25) is 0 Å². The summed E-state index contributed by atoms with van der Waals surface area (Å²) in [6.45, 7) is 1.71. The monoisotopic (exact) mass is 269 g/mol. The Balaban J connectivity index is 1.88. The van der Waals surface area contributed by atoms with Crippen molar-refractivity contribution in [2.45, 2.75) is 23.8 Å². The fraction of sp³-hybridized carbons (Fsp3) is 0.571. The van der Waals surface area contributed by atoms with E-state index >= 15 is 0 Å². The minimum atomic E-state index is -0.128. The molecule has 0 bridgehead atoms. The molecule has 1 aliphatic rings. The molecule has 1 aliphatic heterocycles. The third kappa shape index (κ3) is 3.70. The van der Waals surface area contributed by atoms with Gasteiger partial charge in [0.15, 0.2) is 0 Å². The molecule has 4 heteroatoms. The summed E-state index contributed by atoms with van der Waals surface area (Å²) in [5.74, 6) is 1.30. The van der Waals surface area contributed by atoms with Gasteiger partial charge in [-0.1, -0.05) is 12.1 Å². The van der Waals surface area contributed by atoms with Crippen molar-refractivity contribution in [3.63, 3.8) is 0 Å². The molecule has 1 N–H and O–H groups in total. The third-order valence-electron chi connectivity index (χ3n) is 3.39. The van der Waals surface area contributed by atoms with Gasteiger partial charge in [-0.2, -0.15) is 0 Å². The first kappa shape index (κ1) is 13.8. The number of halogens is 1. The predicted molar refractivity (Wildman–Crippen MR) is 73.5 cm³/mol. The van der Waals surface area contributed by atoms with E-state index in [1.54, 1.807) is 17.8 Å². The molecule has 18 heavy (non-hydrogen) atoms. The molecular formula is C14H20FNOS. The number of rotatable bonds is 5. The molecule has 0 aliphatic carbocycles. The number of ether oxygens (including phenoxy) is 1. The van der Waals surface area contributed by atoms with E-state index in [2.05, 4.69) is 5.32 Å². The van der Waals surface area contributed by atoms with Crippen LogP contribution in [-0.2, 0) is 4.74 Å². The summed E-state index contributed by atoms with van der Waals surface area (Å²) in [7, 11) is 1.97. The average molecular weight is 269 g/mol. The number of benzene rings is 1. The van der Waals surface area contributed by atoms with Gasteiger partial charge in [0.1, 0.15) is 5.82 Å². The SMILES string of the molecule is CNC(CSc1ccccc1F)C1CCCOC1. The van der Waals surface area contributed by atoms with Gasteiger partial charge in [-0.3, -0.25) is 0 Å². The first-order valence-electron chi connectivity index (χ1n) is 6.43. The maximum absolute atomic E-state index is 13.5. The van der Waals surface area contributed by atoms with Gasteiger partial charge in [-0.25, -0.2) is 4.39 Å². The summed E-state index contributed by atoms with van der Waals surface area (Å²) in [5, 5.41) is 3.34. The smallest absolute Gasteiger partial charge is 0.136 e. The molecule has 0 saturated carbocycles. The van der Waals surface area contributed by atoms with E-state index < -0.39 is 0 Å². The lowest BCUT2D eigenvalue weighted by Crippen LogP contribution is -2.40. The van der Waals surface area contributed by atoms with E-state index in [1.165, 1.54) is 12.5 Å². The molecule has 1 aromatic rings. The first-order valence-corrected chi connectivity index (χ1v) is 7.42. The Morgan fingerprint density at radius 3 is 3.00 bits per heavy atom. The summed E-state index contributed by atoms with van der Waals surface area (Å²) in [6, 6.07) is 7.34. The van der Waals surface area contributed by atoms with Gasteiger partial charge in [-0.05, 0) is 37.9 Å². The fourth-order valence-corrected chi connectivity index (χ4v) is 3.46. The average Bonchev–Trinajstić information content (AvgIpc) is 2.42. The largest absolute Gasteiger partial charge is 0.381 e. The van der Waals surface area contributed by atoms with E-state index in [4.69, 9.17) is 4.74 Å². The van der Waals surface area contributed by atoms with Crippen molar-refractivity contribution >= 4 is 11.8 Å². The fourth-order valence-electron chi connectivity index (χ4n) is 2.28. The lowest BCUT2D eigenvalue weighted by Gasteiger charge is -2.29. The molecule has 0 amide bonds. The zero-order valence-corrected chi connectivity index (χ0v) is 11.5. The summed E-state index contributed by atoms with van der Waals surface area (Å²) >= 11 is 1.58. The second kappa shape index (κ2) is 7.12. The van der Waals surface area contributed by atoms with Crippen LogP contribution in [0.1, 0.15) is 12.8 Å². The zero-order valence-electron chi connectivity index (χ0n) is 10.7. The highest BCUT2D eigenvalue weighted by molar-refractivity contribution is 7.99. The Kier molecular flexibility index (Phi) is 5.47. The van der Waals surface area contributed by atoms with Crippen LogP contribution in [0.3, 0.4) is 0 Å². The highest BCUT2D eigenvalue weighted by Crippen LogP contribution is 2.26. The van der Waals surface area contributed by atoms with Gasteiger partial charge < -0.3 is 10.1 Å². The predicted octanol–water partition coefficient (Wildman–Crippen LogP) is 2.93. The standard InChI is InChI=1S/C14H20FNOS/c1-16-13(11-5-4-8-17-9-11)10-18-14-7-3-2-6-12(14)15/h2-3,6-7,11,13,16H,4-5,8-10H2,1H3. The number of nitrogens with one attached hydrogen (secondary N) is 1. The van der Waals surface area contributed by atoms with Crippen LogP contribution in [0.4, 0.5) is 4.39 Å². The topological polar surface area (TPSA) is 21.3 Å². The molecule has 1 saturated heterocycles. The molecule has 2 rings (SSSR count). The Labute approximate surface area is 112 Å². The van der Waals surface area contributed by atoms with Gasteiger partial charge in [0.2, 0.25) is 0 Å². The van der Waals surface area contributed by atoms with Crippen LogP contribution in [-0.4, -0.2) is 32.1 Å². The van der Waals surface area contributed by atoms with Crippen LogP contribution in [0, 0.1) is 11.7 Å². The molecule has 0 spiro atoms. The van der Waals surface area contributed by atoms with E-state index in [9.17, 15) is 4.39 Å². The highest BCUT2D eigenvalue weighted by atomic mass is 32.2. The lowest BCUT2D eigenvalue weighted by molar-refractivity contribution is 0.0437. The second-order valence-corrected chi connectivity index (χ2v) is 5.68. The molecule has 2 unspecified atom stereocenters. The molecule has 1 heterocycles. The van der Waals surface area contributed by atoms with E-state index in [0.717, 1.165) is 30.3 Å². The van der Waals surface area contributed by atoms with Gasteiger partial charge in [0, 0.05) is 23.3 Å². The summed E-state index contributed by atoms with van der Waals surface area (Å²) < 4.78 is 19.0. The minimum absolute atomic E-state index is 0.128. The van der Waals surface area contributed by atoms with Crippen molar-refractivity contribution in [1.29, 1.82) is 0 Å². The van der Waals surface area contributed by atoms with Crippen LogP contribution < -0.4 is 5.32 Å². The van der Waals surface area contributed by atoms with Crippen molar-refractivity contribution in [1.82, 2.24) is 5.32 Å². The Morgan fingerprint density at radius 2 is 2.33 bits per heavy atom. The highest BCUT2D eigenvalue weighted by Gasteiger charge is 2.23. The first-order chi connectivity index (χ1) is 8.81. The van der Waals surface area contributed by atoms with Crippen molar-refractivity contribution in [2.24, 2.45) is 5.92 Å². The second-order valence-electron chi connectivity index (χ2n) is 4.61. The van der Waals surface area contributed by atoms with Crippen molar-refractivity contribution < 1.29 is 9.13 Å². The summed E-state index contributed by atoms with van der Waals surface area (Å²) in [5.41, 5.74) is 0. The maximum Gasteiger partial charge on any atom is 0.136 e. The number of hydrogen-bond donors (Lipinski definition) is 1. The van der Waals surface area contributed by atoms with Gasteiger partial charge in [-0.15, -0.1) is 11.8 Å². The Hall–Kier alpha value is -0.580. The molecule has 0 radical (unpaired) electrons. The molecule has 1 fully saturated rings. The van der Waals surface area contributed by atoms with E-state index in [1.807, 2.05) is 19.2 Å². The zero-order chi connectivity index (χ0) is 12.8. The van der Waals surface area contributed by atoms with E-state index in [-0.39, 0.29) is 5.82 Å². The number of hydrogen-bond acceptors (Lipinski definition) is 3. The van der Waals surface area contributed by atoms with Crippen molar-refractivity contribution in [3.8, 4) is 0 Å². The van der Waals surface area contributed by atoms with Crippen LogP contribution >= 0.6 is 11.8 Å². The summed E-state index contributed by atoms with van der Waals surface area (Å²) in [6.07, 6.45) is 2.33. The Morgan fingerprint density at radius 1 is 1.50 bits per heavy atom. The lowest BCUT2D eigenvalue weighted by atomic mass is 9.95. The maximum atomic E-state index is 13.5. The Bertz CT molecular complexity index is 369. The third-order valence-corrected chi connectivity index (χ3v) is 4.56. The molecule has 1 aromatic carbocycles. The number of thioether (sulfide) groups is 1. The molecule has 100 valence electrons. The minimum Gasteiger partial charge on any atom is -0.381 e.